The molecule has 1 aliphatic carbocycles. The molecule has 3 aromatic carbocycles. The zero-order chi connectivity index (χ0) is 26.7. The van der Waals surface area contributed by atoms with Gasteiger partial charge in [-0.15, -0.1) is 11.8 Å². The van der Waals surface area contributed by atoms with Crippen molar-refractivity contribution in [1.29, 1.82) is 0 Å². The van der Waals surface area contributed by atoms with E-state index in [-0.39, 0.29) is 16.7 Å². The fourth-order valence-electron chi connectivity index (χ4n) is 4.62. The number of methoxy groups -OCH3 is 3. The summed E-state index contributed by atoms with van der Waals surface area (Å²) in [5.41, 5.74) is 2.80. The quantitative estimate of drug-likeness (QED) is 0.268. The van der Waals surface area contributed by atoms with Crippen LogP contribution in [-0.2, 0) is 6.42 Å². The van der Waals surface area contributed by atoms with Gasteiger partial charge in [-0.3, -0.25) is 19.7 Å². The Labute approximate surface area is 217 Å². The Hall–Kier alpha value is -4.05. The van der Waals surface area contributed by atoms with E-state index in [1.807, 2.05) is 18.4 Å². The summed E-state index contributed by atoms with van der Waals surface area (Å²) in [5, 5.41) is 14.2. The highest BCUT2D eigenvalue weighted by Crippen LogP contribution is 2.50. The van der Waals surface area contributed by atoms with E-state index in [1.165, 1.54) is 43.1 Å². The zero-order valence-electron chi connectivity index (χ0n) is 20.8. The topological polar surface area (TPSA) is 117 Å². The van der Waals surface area contributed by atoms with Crippen molar-refractivity contribution in [3.8, 4) is 28.4 Å². The molecule has 1 aliphatic rings. The van der Waals surface area contributed by atoms with Crippen LogP contribution in [0.15, 0.2) is 58.2 Å². The number of benzene rings is 2. The zero-order valence-corrected chi connectivity index (χ0v) is 21.6. The van der Waals surface area contributed by atoms with Gasteiger partial charge in [0.15, 0.2) is 16.9 Å². The average molecular weight is 523 g/mol. The van der Waals surface area contributed by atoms with Crippen molar-refractivity contribution < 1.29 is 23.9 Å². The van der Waals surface area contributed by atoms with Gasteiger partial charge in [0.05, 0.1) is 37.2 Å². The summed E-state index contributed by atoms with van der Waals surface area (Å²) >= 11 is 1.33. The van der Waals surface area contributed by atoms with Crippen molar-refractivity contribution in [2.45, 2.75) is 23.8 Å². The second-order valence-corrected chi connectivity index (χ2v) is 9.18. The minimum absolute atomic E-state index is 0.158. The van der Waals surface area contributed by atoms with Crippen molar-refractivity contribution >= 4 is 23.4 Å². The number of carbonyl (C=O) groups is 1. The maximum Gasteiger partial charge on any atom is 0.270 e. The summed E-state index contributed by atoms with van der Waals surface area (Å²) in [4.78, 5) is 37.5. The number of nitro benzene ring substituents is 1. The summed E-state index contributed by atoms with van der Waals surface area (Å²) in [6.07, 6.45) is 2.83. The predicted octanol–water partition coefficient (Wildman–Crippen LogP) is 4.79. The van der Waals surface area contributed by atoms with Gasteiger partial charge in [0.2, 0.25) is 5.75 Å². The van der Waals surface area contributed by atoms with Gasteiger partial charge in [-0.1, -0.05) is 12.1 Å². The largest absolute Gasteiger partial charge is 0.493 e. The van der Waals surface area contributed by atoms with Gasteiger partial charge in [-0.05, 0) is 60.1 Å². The Morgan fingerprint density at radius 2 is 1.81 bits per heavy atom. The normalized spacial score (nSPS) is 14.0. The molecule has 1 amide bonds. The van der Waals surface area contributed by atoms with Crippen LogP contribution in [0.1, 0.15) is 33.9 Å². The molecule has 10 heteroatoms. The lowest BCUT2D eigenvalue weighted by molar-refractivity contribution is -0.384. The van der Waals surface area contributed by atoms with Crippen molar-refractivity contribution in [1.82, 2.24) is 5.32 Å². The van der Waals surface area contributed by atoms with Gasteiger partial charge >= 0.3 is 0 Å². The van der Waals surface area contributed by atoms with Gasteiger partial charge in [0.25, 0.3) is 11.6 Å². The fraction of sp³-hybridized carbons (Fsp3) is 0.259. The lowest BCUT2D eigenvalue weighted by Gasteiger charge is -2.20. The lowest BCUT2D eigenvalue weighted by Crippen LogP contribution is -2.29. The highest BCUT2D eigenvalue weighted by Gasteiger charge is 2.30. The van der Waals surface area contributed by atoms with E-state index in [0.717, 1.165) is 11.1 Å². The molecule has 3 aromatic rings. The van der Waals surface area contributed by atoms with Gasteiger partial charge in [0.1, 0.15) is 0 Å². The molecular formula is C27H26N2O7S. The highest BCUT2D eigenvalue weighted by atomic mass is 32.2. The molecule has 0 fully saturated rings. The van der Waals surface area contributed by atoms with Crippen molar-refractivity contribution in [3.63, 3.8) is 0 Å². The molecular weight excluding hydrogens is 496 g/mol. The molecule has 37 heavy (non-hydrogen) atoms. The Kier molecular flexibility index (Phi) is 7.68. The number of aryl methyl sites for hydroxylation is 1. The van der Waals surface area contributed by atoms with Crippen LogP contribution in [0.4, 0.5) is 5.69 Å². The van der Waals surface area contributed by atoms with Crippen LogP contribution in [0.3, 0.4) is 0 Å². The summed E-state index contributed by atoms with van der Waals surface area (Å²) < 4.78 is 16.9. The number of nitrogens with one attached hydrogen (secondary N) is 1. The average Bonchev–Trinajstić information content (AvgIpc) is 3.15. The third kappa shape index (κ3) is 4.97. The van der Waals surface area contributed by atoms with E-state index in [1.54, 1.807) is 26.4 Å². The second kappa shape index (κ2) is 10.9. The number of rotatable bonds is 7. The molecule has 0 unspecified atom stereocenters. The number of nitrogens with zero attached hydrogens (tertiary/aromatic N) is 1. The number of amides is 1. The number of non-ortho nitro benzene ring substituents is 1. The molecule has 0 aromatic heterocycles. The van der Waals surface area contributed by atoms with Gasteiger partial charge in [-0.25, -0.2) is 0 Å². The molecule has 0 aliphatic heterocycles. The molecule has 1 atom stereocenters. The first kappa shape index (κ1) is 26.0. The minimum Gasteiger partial charge on any atom is -0.493 e. The third-order valence-corrected chi connectivity index (χ3v) is 7.12. The van der Waals surface area contributed by atoms with E-state index >= 15 is 0 Å². The number of hydrogen-bond acceptors (Lipinski definition) is 8. The highest BCUT2D eigenvalue weighted by molar-refractivity contribution is 7.98. The summed E-state index contributed by atoms with van der Waals surface area (Å²) in [6, 6.07) is 12.0. The van der Waals surface area contributed by atoms with Crippen molar-refractivity contribution in [2.24, 2.45) is 0 Å². The van der Waals surface area contributed by atoms with Crippen LogP contribution >= 0.6 is 11.8 Å². The Morgan fingerprint density at radius 1 is 1.05 bits per heavy atom. The summed E-state index contributed by atoms with van der Waals surface area (Å²) in [6.45, 7) is 0. The standard InChI is InChI=1S/C27H26N2O7S/c1-34-22-13-15-8-10-20(28-27(31)16-6-5-7-17(12-16)29(32)33)19-14-21(30)23(37-4)11-9-18(19)24(15)26(36-3)25(22)35-2/h5-7,9,11-14,20H,8,10H2,1-4H3,(H,28,31)/t20-/m0/s1. The van der Waals surface area contributed by atoms with Crippen LogP contribution < -0.4 is 25.0 Å². The second-order valence-electron chi connectivity index (χ2n) is 8.33. The fourth-order valence-corrected chi connectivity index (χ4v) is 5.08. The Bertz CT molecular complexity index is 1440. The number of carbonyl (C=O) groups excluding carboxylic acids is 1. The molecule has 1 N–H and O–H groups in total. The van der Waals surface area contributed by atoms with Gasteiger partial charge in [0, 0.05) is 23.3 Å². The molecule has 0 radical (unpaired) electrons. The number of nitro groups is 1. The summed E-state index contributed by atoms with van der Waals surface area (Å²) in [5.74, 6) is 0.922. The molecule has 192 valence electrons. The van der Waals surface area contributed by atoms with Gasteiger partial charge < -0.3 is 19.5 Å². The number of fused-ring (bicyclic) bond motifs is 3. The van der Waals surface area contributed by atoms with E-state index in [9.17, 15) is 19.7 Å². The lowest BCUT2D eigenvalue weighted by atomic mass is 9.95. The number of hydrogen-bond donors (Lipinski definition) is 1. The van der Waals surface area contributed by atoms with Crippen LogP contribution in [0.2, 0.25) is 0 Å². The van der Waals surface area contributed by atoms with Crippen molar-refractivity contribution in [2.75, 3.05) is 27.6 Å². The number of ether oxygens (including phenoxy) is 3. The van der Waals surface area contributed by atoms with Crippen molar-refractivity contribution in [3.05, 3.63) is 85.6 Å². The number of thioether (sulfide) groups is 1. The van der Waals surface area contributed by atoms with Gasteiger partial charge in [-0.2, -0.15) is 0 Å². The molecule has 0 saturated carbocycles. The third-order valence-electron chi connectivity index (χ3n) is 6.35. The van der Waals surface area contributed by atoms with E-state index < -0.39 is 16.9 Å². The smallest absolute Gasteiger partial charge is 0.270 e. The predicted molar refractivity (Wildman–Crippen MR) is 141 cm³/mol. The van der Waals surface area contributed by atoms with E-state index in [2.05, 4.69) is 5.32 Å². The summed E-state index contributed by atoms with van der Waals surface area (Å²) in [7, 11) is 4.61. The Morgan fingerprint density at radius 3 is 2.46 bits per heavy atom. The SMILES string of the molecule is COc1cc2c(c(OC)c1OC)-c1ccc(SC)c(=O)cc1[C@@H](NC(=O)c1cccc([N+](=O)[O-])c1)CC2. The van der Waals surface area contributed by atoms with Crippen LogP contribution in [0, 0.1) is 10.1 Å². The maximum absolute atomic E-state index is 13.2. The first-order valence-corrected chi connectivity index (χ1v) is 12.6. The van der Waals surface area contributed by atoms with E-state index in [0.29, 0.717) is 46.1 Å². The molecule has 0 bridgehead atoms. The first-order valence-electron chi connectivity index (χ1n) is 11.4. The molecule has 0 heterocycles. The monoisotopic (exact) mass is 522 g/mol. The molecule has 0 saturated heterocycles. The molecule has 4 rings (SSSR count). The first-order chi connectivity index (χ1) is 17.8. The minimum atomic E-state index is -0.550. The van der Waals surface area contributed by atoms with Crippen LogP contribution in [0.5, 0.6) is 17.2 Å². The van der Waals surface area contributed by atoms with E-state index in [4.69, 9.17) is 14.2 Å². The Balaban J connectivity index is 1.91. The van der Waals surface area contributed by atoms with Crippen LogP contribution in [0.25, 0.3) is 11.1 Å². The molecule has 9 nitrogen and oxygen atoms in total. The molecule has 0 spiro atoms. The maximum atomic E-state index is 13.2. The van der Waals surface area contributed by atoms with Crippen LogP contribution in [-0.4, -0.2) is 38.4 Å².